The minimum Gasteiger partial charge on any atom is -0.337 e. The fraction of sp³-hybridized carbons (Fsp3) is 0.727. The van der Waals surface area contributed by atoms with Crippen LogP contribution in [0.25, 0.3) is 0 Å². The van der Waals surface area contributed by atoms with Crippen LogP contribution >= 0.6 is 0 Å². The van der Waals surface area contributed by atoms with Crippen LogP contribution in [0.2, 0.25) is 0 Å². The van der Waals surface area contributed by atoms with Crippen molar-refractivity contribution in [3.8, 4) is 0 Å². The molecule has 2 rings (SSSR count). The molecule has 2 N–H and O–H groups in total. The topological polar surface area (TPSA) is 76.0 Å². The molecule has 0 saturated carbocycles. The molecule has 7 heteroatoms. The molecular weight excluding hydrogens is 252 g/mol. The van der Waals surface area contributed by atoms with Gasteiger partial charge < -0.3 is 9.88 Å². The molecule has 102 valence electrons. The number of sulfonamides is 1. The summed E-state index contributed by atoms with van der Waals surface area (Å²) in [7, 11) is -1.68. The Bertz CT molecular complexity index is 484. The van der Waals surface area contributed by atoms with E-state index in [4.69, 9.17) is 0 Å². The molecule has 0 unspecified atom stereocenters. The predicted molar refractivity (Wildman–Crippen MR) is 68.7 cm³/mol. The summed E-state index contributed by atoms with van der Waals surface area (Å²) in [6.07, 6.45) is 3.58. The smallest absolute Gasteiger partial charge is 0.259 e. The van der Waals surface area contributed by atoms with Crippen molar-refractivity contribution in [2.45, 2.75) is 24.8 Å². The number of rotatable bonds is 4. The summed E-state index contributed by atoms with van der Waals surface area (Å²) in [5.74, 6) is 1.11. The molecular formula is C11H20N4O2S. The lowest BCUT2D eigenvalue weighted by Crippen LogP contribution is -2.36. The van der Waals surface area contributed by atoms with Crippen LogP contribution in [-0.2, 0) is 17.1 Å². The number of nitrogens with zero attached hydrogens (tertiary/aromatic N) is 2. The van der Waals surface area contributed by atoms with Gasteiger partial charge in [-0.05, 0) is 38.8 Å². The Labute approximate surface area is 108 Å². The lowest BCUT2D eigenvalue weighted by molar-refractivity contribution is 0.372. The van der Waals surface area contributed by atoms with E-state index in [1.54, 1.807) is 24.7 Å². The largest absolute Gasteiger partial charge is 0.337 e. The minimum absolute atomic E-state index is 0.108. The Morgan fingerprint density at radius 1 is 1.50 bits per heavy atom. The summed E-state index contributed by atoms with van der Waals surface area (Å²) in [5.41, 5.74) is 0. The highest BCUT2D eigenvalue weighted by Crippen LogP contribution is 2.12. The van der Waals surface area contributed by atoms with Gasteiger partial charge in [-0.1, -0.05) is 0 Å². The number of hydrogen-bond acceptors (Lipinski definition) is 4. The number of nitrogens with one attached hydrogen (secondary N) is 2. The second-order valence-corrected chi connectivity index (χ2v) is 6.50. The first kappa shape index (κ1) is 13.5. The molecule has 1 aromatic rings. The van der Waals surface area contributed by atoms with Gasteiger partial charge in [-0.2, -0.15) is 0 Å². The normalized spacial score (nSPS) is 18.1. The van der Waals surface area contributed by atoms with E-state index in [-0.39, 0.29) is 5.03 Å². The second-order valence-electron chi connectivity index (χ2n) is 4.78. The first-order valence-electron chi connectivity index (χ1n) is 6.19. The molecule has 1 aliphatic heterocycles. The average Bonchev–Trinajstić information content (AvgIpc) is 2.70. The standard InChI is InChI=1S/C11H20N4O2S/c1-9-14-11(8-15(9)2)18(16,17)13-7-10-3-5-12-6-4-10/h8,10,12-13H,3-7H2,1-2H3. The van der Waals surface area contributed by atoms with Crippen LogP contribution in [0.1, 0.15) is 18.7 Å². The van der Waals surface area contributed by atoms with E-state index in [1.807, 2.05) is 0 Å². The van der Waals surface area contributed by atoms with Gasteiger partial charge in [-0.3, -0.25) is 0 Å². The molecule has 1 fully saturated rings. The van der Waals surface area contributed by atoms with Crippen molar-refractivity contribution < 1.29 is 8.42 Å². The van der Waals surface area contributed by atoms with E-state index in [9.17, 15) is 8.42 Å². The average molecular weight is 272 g/mol. The van der Waals surface area contributed by atoms with Crippen molar-refractivity contribution in [3.63, 3.8) is 0 Å². The van der Waals surface area contributed by atoms with Crippen LogP contribution in [0, 0.1) is 12.8 Å². The Kier molecular flexibility index (Phi) is 4.04. The molecule has 1 aromatic heterocycles. The van der Waals surface area contributed by atoms with Gasteiger partial charge in [0.05, 0.1) is 0 Å². The van der Waals surface area contributed by atoms with Crippen LogP contribution in [0.4, 0.5) is 0 Å². The summed E-state index contributed by atoms with van der Waals surface area (Å²) in [6, 6.07) is 0. The van der Waals surface area contributed by atoms with Crippen molar-refractivity contribution in [1.82, 2.24) is 19.6 Å². The monoisotopic (exact) mass is 272 g/mol. The van der Waals surface area contributed by atoms with E-state index in [0.717, 1.165) is 25.9 Å². The number of hydrogen-bond donors (Lipinski definition) is 2. The third kappa shape index (κ3) is 3.09. The van der Waals surface area contributed by atoms with Crippen molar-refractivity contribution in [3.05, 3.63) is 12.0 Å². The molecule has 6 nitrogen and oxygen atoms in total. The SMILES string of the molecule is Cc1nc(S(=O)(=O)NCC2CCNCC2)cn1C. The highest BCUT2D eigenvalue weighted by molar-refractivity contribution is 7.89. The fourth-order valence-corrected chi connectivity index (χ4v) is 3.20. The molecule has 0 aromatic carbocycles. The first-order chi connectivity index (χ1) is 8.49. The van der Waals surface area contributed by atoms with Crippen LogP contribution < -0.4 is 10.0 Å². The molecule has 0 aliphatic carbocycles. The number of aryl methyl sites for hydroxylation is 2. The van der Waals surface area contributed by atoms with Crippen molar-refractivity contribution >= 4 is 10.0 Å². The van der Waals surface area contributed by atoms with Gasteiger partial charge in [0.15, 0.2) is 5.03 Å². The zero-order valence-corrected chi connectivity index (χ0v) is 11.6. The van der Waals surface area contributed by atoms with Gasteiger partial charge in [-0.25, -0.2) is 18.1 Å². The Hall–Kier alpha value is -0.920. The van der Waals surface area contributed by atoms with Gasteiger partial charge >= 0.3 is 0 Å². The summed E-state index contributed by atoms with van der Waals surface area (Å²) in [4.78, 5) is 4.05. The Balaban J connectivity index is 1.98. The zero-order valence-electron chi connectivity index (χ0n) is 10.8. The molecule has 0 spiro atoms. The third-order valence-corrected chi connectivity index (χ3v) is 4.68. The van der Waals surface area contributed by atoms with E-state index in [2.05, 4.69) is 15.0 Å². The quantitative estimate of drug-likeness (QED) is 0.809. The van der Waals surface area contributed by atoms with Crippen molar-refractivity contribution in [2.75, 3.05) is 19.6 Å². The maximum atomic E-state index is 12.0. The van der Waals surface area contributed by atoms with E-state index in [1.165, 1.54) is 0 Å². The first-order valence-corrected chi connectivity index (χ1v) is 7.68. The summed E-state index contributed by atoms with van der Waals surface area (Å²) < 4.78 is 28.4. The minimum atomic E-state index is -3.46. The zero-order chi connectivity index (χ0) is 13.2. The van der Waals surface area contributed by atoms with Gasteiger partial charge in [0.25, 0.3) is 10.0 Å². The van der Waals surface area contributed by atoms with E-state index in [0.29, 0.717) is 18.3 Å². The van der Waals surface area contributed by atoms with E-state index >= 15 is 0 Å². The van der Waals surface area contributed by atoms with Crippen molar-refractivity contribution in [2.24, 2.45) is 13.0 Å². The fourth-order valence-electron chi connectivity index (χ4n) is 2.04. The van der Waals surface area contributed by atoms with Gasteiger partial charge in [0.2, 0.25) is 0 Å². The maximum Gasteiger partial charge on any atom is 0.259 e. The lowest BCUT2D eigenvalue weighted by Gasteiger charge is -2.22. The highest BCUT2D eigenvalue weighted by Gasteiger charge is 2.21. The molecule has 2 heterocycles. The summed E-state index contributed by atoms with van der Waals surface area (Å²) >= 11 is 0. The molecule has 18 heavy (non-hydrogen) atoms. The highest BCUT2D eigenvalue weighted by atomic mass is 32.2. The van der Waals surface area contributed by atoms with Gasteiger partial charge in [0.1, 0.15) is 5.82 Å². The number of piperidine rings is 1. The molecule has 0 amide bonds. The maximum absolute atomic E-state index is 12.0. The molecule has 0 atom stereocenters. The Morgan fingerprint density at radius 2 is 2.17 bits per heavy atom. The second kappa shape index (κ2) is 5.38. The summed E-state index contributed by atoms with van der Waals surface area (Å²) in [5, 5.41) is 3.37. The van der Waals surface area contributed by atoms with Crippen LogP contribution in [0.5, 0.6) is 0 Å². The number of aromatic nitrogens is 2. The van der Waals surface area contributed by atoms with Crippen LogP contribution in [-0.4, -0.2) is 37.6 Å². The van der Waals surface area contributed by atoms with E-state index < -0.39 is 10.0 Å². The summed E-state index contributed by atoms with van der Waals surface area (Å²) in [6.45, 7) is 4.22. The van der Waals surface area contributed by atoms with Crippen LogP contribution in [0.15, 0.2) is 11.2 Å². The molecule has 0 radical (unpaired) electrons. The third-order valence-electron chi connectivity index (χ3n) is 3.38. The molecule has 1 aliphatic rings. The lowest BCUT2D eigenvalue weighted by atomic mass is 9.99. The number of imidazole rings is 1. The van der Waals surface area contributed by atoms with Gasteiger partial charge in [-0.15, -0.1) is 0 Å². The molecule has 1 saturated heterocycles. The van der Waals surface area contributed by atoms with Crippen molar-refractivity contribution in [1.29, 1.82) is 0 Å². The van der Waals surface area contributed by atoms with Crippen LogP contribution in [0.3, 0.4) is 0 Å². The Morgan fingerprint density at radius 3 is 2.72 bits per heavy atom. The molecule has 0 bridgehead atoms. The predicted octanol–water partition coefficient (Wildman–Crippen LogP) is 0.00642. The van der Waals surface area contributed by atoms with Gasteiger partial charge in [0, 0.05) is 19.8 Å².